The molecular formula is C16H21NO4. The number of carbonyl (C=O) groups excluding carboxylic acids is 3. The van der Waals surface area contributed by atoms with Gasteiger partial charge in [-0.15, -0.1) is 0 Å². The van der Waals surface area contributed by atoms with Crippen LogP contribution in [-0.4, -0.2) is 31.3 Å². The molecule has 0 aliphatic heterocycles. The lowest BCUT2D eigenvalue weighted by Crippen LogP contribution is -2.26. The maximum Gasteiger partial charge on any atom is 0.307 e. The van der Waals surface area contributed by atoms with E-state index in [4.69, 9.17) is 0 Å². The van der Waals surface area contributed by atoms with Crippen molar-refractivity contribution in [3.05, 3.63) is 34.9 Å². The third-order valence-electron chi connectivity index (χ3n) is 3.29. The van der Waals surface area contributed by atoms with Gasteiger partial charge in [0.25, 0.3) is 0 Å². The zero-order valence-electron chi connectivity index (χ0n) is 12.7. The summed E-state index contributed by atoms with van der Waals surface area (Å²) in [4.78, 5) is 34.4. The van der Waals surface area contributed by atoms with E-state index in [0.29, 0.717) is 5.56 Å². The number of hydrogen-bond acceptors (Lipinski definition) is 4. The third kappa shape index (κ3) is 5.77. The molecule has 21 heavy (non-hydrogen) atoms. The van der Waals surface area contributed by atoms with Crippen LogP contribution < -0.4 is 5.32 Å². The molecule has 0 saturated heterocycles. The second-order valence-electron chi connectivity index (χ2n) is 4.90. The minimum absolute atomic E-state index is 0.0544. The van der Waals surface area contributed by atoms with Gasteiger partial charge in [0.1, 0.15) is 0 Å². The van der Waals surface area contributed by atoms with E-state index in [1.165, 1.54) is 7.11 Å². The number of amides is 1. The van der Waals surface area contributed by atoms with Crippen LogP contribution in [0.15, 0.2) is 18.2 Å². The van der Waals surface area contributed by atoms with Crippen molar-refractivity contribution in [2.45, 2.75) is 33.1 Å². The number of ether oxygens (including phenoxy) is 1. The van der Waals surface area contributed by atoms with Crippen LogP contribution in [0.3, 0.4) is 0 Å². The van der Waals surface area contributed by atoms with Crippen LogP contribution in [0.2, 0.25) is 0 Å². The van der Waals surface area contributed by atoms with Crippen molar-refractivity contribution in [2.75, 3.05) is 13.7 Å². The van der Waals surface area contributed by atoms with E-state index in [1.54, 1.807) is 6.07 Å². The zero-order chi connectivity index (χ0) is 15.8. The normalized spacial score (nSPS) is 10.0. The molecule has 5 nitrogen and oxygen atoms in total. The Bertz CT molecular complexity index is 537. The summed E-state index contributed by atoms with van der Waals surface area (Å²) in [5.41, 5.74) is 2.82. The van der Waals surface area contributed by atoms with Crippen molar-refractivity contribution in [1.29, 1.82) is 0 Å². The van der Waals surface area contributed by atoms with Crippen LogP contribution in [-0.2, 0) is 14.3 Å². The lowest BCUT2D eigenvalue weighted by Gasteiger charge is -2.06. The number of aryl methyl sites for hydroxylation is 2. The Balaban J connectivity index is 2.37. The fourth-order valence-electron chi connectivity index (χ4n) is 1.78. The number of hydrogen-bond donors (Lipinski definition) is 1. The molecule has 0 heterocycles. The molecule has 114 valence electrons. The molecule has 0 fully saturated rings. The largest absolute Gasteiger partial charge is 0.469 e. The van der Waals surface area contributed by atoms with Crippen LogP contribution in [0.4, 0.5) is 0 Å². The van der Waals surface area contributed by atoms with Gasteiger partial charge < -0.3 is 10.1 Å². The molecular weight excluding hydrogens is 270 g/mol. The number of esters is 1. The minimum atomic E-state index is -0.374. The highest BCUT2D eigenvalue weighted by Gasteiger charge is 2.10. The first-order valence-electron chi connectivity index (χ1n) is 6.88. The van der Waals surface area contributed by atoms with E-state index in [-0.39, 0.29) is 43.5 Å². The number of rotatable bonds is 7. The summed E-state index contributed by atoms with van der Waals surface area (Å²) < 4.78 is 4.46. The molecule has 1 rings (SSSR count). The van der Waals surface area contributed by atoms with Crippen LogP contribution in [0, 0.1) is 13.8 Å². The molecule has 5 heteroatoms. The van der Waals surface area contributed by atoms with E-state index in [2.05, 4.69) is 10.1 Å². The van der Waals surface area contributed by atoms with Crippen molar-refractivity contribution < 1.29 is 19.1 Å². The molecule has 0 radical (unpaired) electrons. The Morgan fingerprint density at radius 2 is 1.76 bits per heavy atom. The SMILES string of the molecule is COC(=O)CCNC(=O)CCC(=O)c1ccc(C)c(C)c1. The monoisotopic (exact) mass is 291 g/mol. The zero-order valence-corrected chi connectivity index (χ0v) is 12.7. The van der Waals surface area contributed by atoms with Crippen molar-refractivity contribution in [1.82, 2.24) is 5.32 Å². The molecule has 0 unspecified atom stereocenters. The van der Waals surface area contributed by atoms with Crippen molar-refractivity contribution in [3.63, 3.8) is 0 Å². The van der Waals surface area contributed by atoms with E-state index >= 15 is 0 Å². The lowest BCUT2D eigenvalue weighted by atomic mass is 10.0. The maximum atomic E-state index is 12.0. The number of ketones is 1. The Morgan fingerprint density at radius 1 is 1.05 bits per heavy atom. The molecule has 1 aromatic carbocycles. The topological polar surface area (TPSA) is 72.5 Å². The standard InChI is InChI=1S/C16H21NO4/c1-11-4-5-13(10-12(11)2)14(18)6-7-15(19)17-9-8-16(20)21-3/h4-5,10H,6-9H2,1-3H3,(H,17,19). The van der Waals surface area contributed by atoms with E-state index < -0.39 is 0 Å². The molecule has 0 aromatic heterocycles. The summed E-state index contributed by atoms with van der Waals surface area (Å²) in [6.45, 7) is 4.16. The van der Waals surface area contributed by atoms with Crippen LogP contribution in [0.25, 0.3) is 0 Å². The highest BCUT2D eigenvalue weighted by atomic mass is 16.5. The average Bonchev–Trinajstić information content (AvgIpc) is 2.47. The van der Waals surface area contributed by atoms with Gasteiger partial charge in [0.2, 0.25) is 5.91 Å². The average molecular weight is 291 g/mol. The van der Waals surface area contributed by atoms with Crippen molar-refractivity contribution in [2.24, 2.45) is 0 Å². The fourth-order valence-corrected chi connectivity index (χ4v) is 1.78. The maximum absolute atomic E-state index is 12.0. The molecule has 1 N–H and O–H groups in total. The second-order valence-corrected chi connectivity index (χ2v) is 4.90. The fraction of sp³-hybridized carbons (Fsp3) is 0.438. The summed E-state index contributed by atoms with van der Waals surface area (Å²) in [7, 11) is 1.30. The lowest BCUT2D eigenvalue weighted by molar-refractivity contribution is -0.140. The third-order valence-corrected chi connectivity index (χ3v) is 3.29. The van der Waals surface area contributed by atoms with Gasteiger partial charge in [-0.05, 0) is 31.0 Å². The Morgan fingerprint density at radius 3 is 2.38 bits per heavy atom. The van der Waals surface area contributed by atoms with Crippen molar-refractivity contribution >= 4 is 17.7 Å². The number of benzene rings is 1. The first kappa shape index (κ1) is 16.9. The summed E-state index contributed by atoms with van der Waals surface area (Å²) in [5.74, 6) is -0.668. The van der Waals surface area contributed by atoms with Crippen LogP contribution >= 0.6 is 0 Å². The number of carbonyl (C=O) groups is 3. The van der Waals surface area contributed by atoms with Crippen LogP contribution in [0.1, 0.15) is 40.7 Å². The quantitative estimate of drug-likeness (QED) is 0.615. The van der Waals surface area contributed by atoms with Gasteiger partial charge in [-0.2, -0.15) is 0 Å². The smallest absolute Gasteiger partial charge is 0.307 e. The van der Waals surface area contributed by atoms with Gasteiger partial charge in [0.05, 0.1) is 13.5 Å². The Hall–Kier alpha value is -2.17. The molecule has 1 aromatic rings. The molecule has 0 bridgehead atoms. The molecule has 0 saturated carbocycles. The van der Waals surface area contributed by atoms with E-state index in [1.807, 2.05) is 26.0 Å². The van der Waals surface area contributed by atoms with E-state index in [0.717, 1.165) is 11.1 Å². The predicted molar refractivity (Wildman–Crippen MR) is 79.1 cm³/mol. The van der Waals surface area contributed by atoms with Gasteiger partial charge in [-0.3, -0.25) is 14.4 Å². The van der Waals surface area contributed by atoms with E-state index in [9.17, 15) is 14.4 Å². The molecule has 0 aliphatic carbocycles. The summed E-state index contributed by atoms with van der Waals surface area (Å²) in [6.07, 6.45) is 0.410. The summed E-state index contributed by atoms with van der Waals surface area (Å²) >= 11 is 0. The first-order valence-corrected chi connectivity index (χ1v) is 6.88. The van der Waals surface area contributed by atoms with Gasteiger partial charge >= 0.3 is 5.97 Å². The molecule has 0 atom stereocenters. The van der Waals surface area contributed by atoms with Crippen LogP contribution in [0.5, 0.6) is 0 Å². The molecule has 1 amide bonds. The number of Topliss-reactive ketones (excluding diaryl/α,β-unsaturated/α-hetero) is 1. The minimum Gasteiger partial charge on any atom is -0.469 e. The highest BCUT2D eigenvalue weighted by molar-refractivity contribution is 5.98. The van der Waals surface area contributed by atoms with Gasteiger partial charge in [0.15, 0.2) is 5.78 Å². The van der Waals surface area contributed by atoms with Crippen molar-refractivity contribution in [3.8, 4) is 0 Å². The molecule has 0 aliphatic rings. The van der Waals surface area contributed by atoms with Gasteiger partial charge in [0, 0.05) is 24.9 Å². The Kier molecular flexibility index (Phi) is 6.59. The first-order chi connectivity index (χ1) is 9.93. The predicted octanol–water partition coefficient (Wildman–Crippen LogP) is 1.95. The second kappa shape index (κ2) is 8.19. The number of nitrogens with one attached hydrogen (secondary N) is 1. The summed E-state index contributed by atoms with van der Waals surface area (Å²) in [5, 5.41) is 2.58. The van der Waals surface area contributed by atoms with Gasteiger partial charge in [-0.25, -0.2) is 0 Å². The van der Waals surface area contributed by atoms with Gasteiger partial charge in [-0.1, -0.05) is 12.1 Å². The summed E-state index contributed by atoms with van der Waals surface area (Å²) in [6, 6.07) is 5.52. The highest BCUT2D eigenvalue weighted by Crippen LogP contribution is 2.12. The number of methoxy groups -OCH3 is 1. The molecule has 0 spiro atoms. The Labute approximate surface area is 124 Å².